The van der Waals surface area contributed by atoms with E-state index in [4.69, 9.17) is 52.1 Å². The van der Waals surface area contributed by atoms with E-state index in [1.165, 1.54) is 12.1 Å². The first kappa shape index (κ1) is 27.7. The fourth-order valence-corrected chi connectivity index (χ4v) is 5.59. The minimum Gasteiger partial charge on any atom is -0.351 e. The van der Waals surface area contributed by atoms with Crippen molar-refractivity contribution in [3.05, 3.63) is 74.2 Å². The number of amides is 2. The summed E-state index contributed by atoms with van der Waals surface area (Å²) in [7, 11) is -4.77. The standard InChI is InChI=1S/C20H11Cl4F3N2O4S2/c21-12-4-1-9(5-13(12)22)29(19(28)30)16-6-10(2-3-11(16)20(25,26)27)34-17-7-14(23)15(24)8-18(17)35(31,32)33/h1-8H,(H2,28,30)(H,31,32,33). The number of nitrogens with zero attached hydrogens (tertiary/aromatic N) is 1. The van der Waals surface area contributed by atoms with Crippen molar-refractivity contribution in [2.45, 2.75) is 20.9 Å². The van der Waals surface area contributed by atoms with E-state index in [0.717, 1.165) is 30.3 Å². The Labute approximate surface area is 221 Å². The predicted molar refractivity (Wildman–Crippen MR) is 130 cm³/mol. The molecule has 0 heterocycles. The van der Waals surface area contributed by atoms with Crippen LogP contribution in [0, 0.1) is 0 Å². The number of carbonyl (C=O) groups is 1. The highest BCUT2D eigenvalue weighted by Gasteiger charge is 2.36. The van der Waals surface area contributed by atoms with Crippen LogP contribution in [0.2, 0.25) is 20.1 Å². The van der Waals surface area contributed by atoms with Crippen LogP contribution in [0.15, 0.2) is 63.2 Å². The molecule has 3 aromatic carbocycles. The van der Waals surface area contributed by atoms with Crippen molar-refractivity contribution >= 4 is 85.7 Å². The first-order chi connectivity index (χ1) is 16.1. The molecule has 3 aromatic rings. The fourth-order valence-electron chi connectivity index (χ4n) is 2.93. The number of nitrogens with two attached hydrogens (primary N) is 1. The Kier molecular flexibility index (Phi) is 8.12. The van der Waals surface area contributed by atoms with Gasteiger partial charge in [0.2, 0.25) is 0 Å². The van der Waals surface area contributed by atoms with Gasteiger partial charge in [-0.25, -0.2) is 4.79 Å². The fraction of sp³-hybridized carbons (Fsp3) is 0.0500. The summed E-state index contributed by atoms with van der Waals surface area (Å²) in [6, 6.07) is 7.14. The first-order valence-corrected chi connectivity index (χ1v) is 12.8. The summed E-state index contributed by atoms with van der Waals surface area (Å²) in [5.74, 6) is 0. The van der Waals surface area contributed by atoms with E-state index in [0.29, 0.717) is 22.7 Å². The summed E-state index contributed by atoms with van der Waals surface area (Å²) in [6.07, 6.45) is -4.90. The topological polar surface area (TPSA) is 101 Å². The number of hydrogen-bond donors (Lipinski definition) is 2. The van der Waals surface area contributed by atoms with Crippen LogP contribution in [-0.2, 0) is 16.3 Å². The molecule has 0 unspecified atom stereocenters. The number of rotatable bonds is 5. The molecule has 186 valence electrons. The number of anilines is 2. The van der Waals surface area contributed by atoms with Gasteiger partial charge in [-0.2, -0.15) is 21.6 Å². The zero-order valence-corrected chi connectivity index (χ0v) is 21.4. The van der Waals surface area contributed by atoms with E-state index in [9.17, 15) is 30.9 Å². The van der Waals surface area contributed by atoms with Crippen molar-refractivity contribution in [3.63, 3.8) is 0 Å². The SMILES string of the molecule is NC(=O)N(c1ccc(Cl)c(Cl)c1)c1cc(Sc2cc(Cl)c(Cl)cc2S(=O)(=O)O)ccc1C(F)(F)F. The monoisotopic (exact) mass is 604 g/mol. The van der Waals surface area contributed by atoms with E-state index >= 15 is 0 Å². The van der Waals surface area contributed by atoms with E-state index in [1.54, 1.807) is 0 Å². The molecule has 0 atom stereocenters. The Morgan fingerprint density at radius 3 is 2.06 bits per heavy atom. The summed E-state index contributed by atoms with van der Waals surface area (Å²) in [4.78, 5) is 12.1. The summed E-state index contributed by atoms with van der Waals surface area (Å²) in [6.45, 7) is 0. The van der Waals surface area contributed by atoms with Gasteiger partial charge in [-0.3, -0.25) is 9.45 Å². The normalized spacial score (nSPS) is 12.0. The van der Waals surface area contributed by atoms with Gasteiger partial charge in [-0.1, -0.05) is 58.2 Å². The summed E-state index contributed by atoms with van der Waals surface area (Å²) >= 11 is 24.3. The van der Waals surface area contributed by atoms with E-state index in [1.807, 2.05) is 0 Å². The van der Waals surface area contributed by atoms with Crippen LogP contribution in [0.5, 0.6) is 0 Å². The van der Waals surface area contributed by atoms with Crippen molar-refractivity contribution in [3.8, 4) is 0 Å². The van der Waals surface area contributed by atoms with Crippen LogP contribution in [-0.4, -0.2) is 19.0 Å². The molecule has 0 aliphatic heterocycles. The molecule has 0 radical (unpaired) electrons. The Hall–Kier alpha value is -1.86. The number of halogens is 7. The van der Waals surface area contributed by atoms with Crippen LogP contribution in [0.4, 0.5) is 29.3 Å². The number of hydrogen-bond acceptors (Lipinski definition) is 4. The molecular formula is C20H11Cl4F3N2O4S2. The molecule has 0 aliphatic rings. The number of alkyl halides is 3. The molecule has 0 aromatic heterocycles. The summed E-state index contributed by atoms with van der Waals surface area (Å²) in [5, 5.41) is -0.180. The quantitative estimate of drug-likeness (QED) is 0.288. The number of benzene rings is 3. The molecule has 3 N–H and O–H groups in total. The average Bonchev–Trinajstić information content (AvgIpc) is 2.71. The second-order valence-electron chi connectivity index (χ2n) is 6.74. The van der Waals surface area contributed by atoms with Crippen molar-refractivity contribution in [1.29, 1.82) is 0 Å². The van der Waals surface area contributed by atoms with Crippen molar-refractivity contribution in [2.24, 2.45) is 5.73 Å². The van der Waals surface area contributed by atoms with Crippen LogP contribution in [0.3, 0.4) is 0 Å². The molecule has 3 rings (SSSR count). The lowest BCUT2D eigenvalue weighted by atomic mass is 10.1. The number of urea groups is 1. The molecule has 0 bridgehead atoms. The van der Waals surface area contributed by atoms with Crippen LogP contribution >= 0.6 is 58.2 Å². The third kappa shape index (κ3) is 6.29. The van der Waals surface area contributed by atoms with Crippen molar-refractivity contribution in [1.82, 2.24) is 0 Å². The highest BCUT2D eigenvalue weighted by atomic mass is 35.5. The third-order valence-corrected chi connectivity index (χ3v) is 7.92. The minimum absolute atomic E-state index is 0.0388. The van der Waals surface area contributed by atoms with Gasteiger partial charge in [0.05, 0.1) is 37.0 Å². The zero-order valence-electron chi connectivity index (χ0n) is 16.8. The molecular weight excluding hydrogens is 595 g/mol. The summed E-state index contributed by atoms with van der Waals surface area (Å²) < 4.78 is 74.6. The van der Waals surface area contributed by atoms with Gasteiger partial charge >= 0.3 is 12.2 Å². The van der Waals surface area contributed by atoms with Crippen LogP contribution < -0.4 is 10.6 Å². The maximum absolute atomic E-state index is 13.8. The van der Waals surface area contributed by atoms with Crippen LogP contribution in [0.25, 0.3) is 0 Å². The maximum atomic E-state index is 13.8. The number of carbonyl (C=O) groups excluding carboxylic acids is 1. The predicted octanol–water partition coefficient (Wildman–Crippen LogP) is 7.93. The van der Waals surface area contributed by atoms with Gasteiger partial charge in [0, 0.05) is 9.79 Å². The molecule has 0 saturated heterocycles. The Bertz CT molecular complexity index is 1440. The summed E-state index contributed by atoms with van der Waals surface area (Å²) in [5.41, 5.74) is 3.43. The van der Waals surface area contributed by atoms with Crippen molar-refractivity contribution in [2.75, 3.05) is 4.90 Å². The zero-order chi connectivity index (χ0) is 26.3. The molecule has 35 heavy (non-hydrogen) atoms. The lowest BCUT2D eigenvalue weighted by Crippen LogP contribution is -2.33. The molecule has 0 saturated carbocycles. The van der Waals surface area contributed by atoms with Gasteiger partial charge in [-0.15, -0.1) is 0 Å². The van der Waals surface area contributed by atoms with E-state index < -0.39 is 38.5 Å². The van der Waals surface area contributed by atoms with Gasteiger partial charge in [-0.05, 0) is 48.5 Å². The Balaban J connectivity index is 2.22. The largest absolute Gasteiger partial charge is 0.418 e. The Morgan fingerprint density at radius 1 is 0.914 bits per heavy atom. The second-order valence-corrected chi connectivity index (χ2v) is 10.9. The molecule has 0 spiro atoms. The van der Waals surface area contributed by atoms with Gasteiger partial charge in [0.15, 0.2) is 0 Å². The lowest BCUT2D eigenvalue weighted by Gasteiger charge is -2.25. The molecule has 6 nitrogen and oxygen atoms in total. The van der Waals surface area contributed by atoms with Crippen molar-refractivity contribution < 1.29 is 30.9 Å². The van der Waals surface area contributed by atoms with Gasteiger partial charge in [0.1, 0.15) is 4.90 Å². The minimum atomic E-state index is -4.90. The smallest absolute Gasteiger partial charge is 0.351 e. The van der Waals surface area contributed by atoms with Crippen LogP contribution in [0.1, 0.15) is 5.56 Å². The number of primary amides is 1. The van der Waals surface area contributed by atoms with Gasteiger partial charge in [0.25, 0.3) is 10.1 Å². The second kappa shape index (κ2) is 10.3. The molecule has 0 aliphatic carbocycles. The van der Waals surface area contributed by atoms with Gasteiger partial charge < -0.3 is 5.73 Å². The lowest BCUT2D eigenvalue weighted by molar-refractivity contribution is -0.137. The molecule has 2 amide bonds. The highest BCUT2D eigenvalue weighted by molar-refractivity contribution is 8.00. The molecule has 0 fully saturated rings. The van der Waals surface area contributed by atoms with E-state index in [2.05, 4.69) is 0 Å². The molecule has 15 heteroatoms. The maximum Gasteiger partial charge on any atom is 0.418 e. The Morgan fingerprint density at radius 2 is 1.51 bits per heavy atom. The first-order valence-electron chi connectivity index (χ1n) is 9.00. The average molecular weight is 606 g/mol. The third-order valence-electron chi connectivity index (χ3n) is 4.39. The van der Waals surface area contributed by atoms with E-state index in [-0.39, 0.29) is 35.6 Å². The highest BCUT2D eigenvalue weighted by Crippen LogP contribution is 2.44.